The Bertz CT molecular complexity index is 4810. The molecule has 6 heterocycles. The zero-order valence-corrected chi connectivity index (χ0v) is 43.7. The van der Waals surface area contributed by atoms with E-state index < -0.39 is 7.12 Å². The van der Waals surface area contributed by atoms with Gasteiger partial charge in [-0.2, -0.15) is 0 Å². The number of fused-ring (bicyclic) bond motifs is 12. The molecule has 1 aliphatic rings. The summed E-state index contributed by atoms with van der Waals surface area (Å²) in [5.41, 5.74) is 14.3. The summed E-state index contributed by atoms with van der Waals surface area (Å²) in [6.07, 6.45) is 0. The molecule has 0 unspecified atom stereocenters. The van der Waals surface area contributed by atoms with Crippen LogP contribution in [0.15, 0.2) is 236 Å². The predicted molar refractivity (Wildman–Crippen MR) is 318 cm³/mol. The predicted octanol–water partition coefficient (Wildman–Crippen LogP) is 17.8. The van der Waals surface area contributed by atoms with Crippen molar-refractivity contribution in [2.75, 3.05) is 0 Å². The Morgan fingerprint density at radius 3 is 1.13 bits per heavy atom. The SMILES string of the molecule is CC1(C)OB(c2ccc3oc4cc5oc6ccccc6c5cc4c3c2)OC1(C)C.c1ccc(-c2nc(-c3ccccc3)nc(-c3cccc(-c4cccc(-c5ccc6oc7cc8oc9ccccc9c8cc7c6c5)c4)c3)n2)cc1. The molecule has 10 heteroatoms. The van der Waals surface area contributed by atoms with Crippen LogP contribution in [0, 0.1) is 0 Å². The van der Waals surface area contributed by atoms with E-state index in [1.54, 1.807) is 0 Å². The van der Waals surface area contributed by atoms with Crippen LogP contribution in [0.3, 0.4) is 0 Å². The molecule has 5 aromatic heterocycles. The van der Waals surface area contributed by atoms with E-state index in [2.05, 4.69) is 125 Å². The summed E-state index contributed by atoms with van der Waals surface area (Å²) in [4.78, 5) is 14.7. The highest BCUT2D eigenvalue weighted by molar-refractivity contribution is 6.62. The van der Waals surface area contributed by atoms with Gasteiger partial charge in [0, 0.05) is 71.9 Å². The Labute approximate surface area is 453 Å². The van der Waals surface area contributed by atoms with Crippen LogP contribution in [0.4, 0.5) is 0 Å². The van der Waals surface area contributed by atoms with Gasteiger partial charge in [0.1, 0.15) is 44.7 Å². The maximum absolute atomic E-state index is 6.29. The average Bonchev–Trinajstić information content (AvgIpc) is 4.32. The fourth-order valence-electron chi connectivity index (χ4n) is 11.0. The lowest BCUT2D eigenvalue weighted by Crippen LogP contribution is -2.41. The van der Waals surface area contributed by atoms with Gasteiger partial charge in [0.15, 0.2) is 17.5 Å². The molecule has 0 radical (unpaired) electrons. The monoisotopic (exact) mass is 1030 g/mol. The van der Waals surface area contributed by atoms with Gasteiger partial charge < -0.3 is 27.0 Å². The molecule has 15 aromatic rings. The Hall–Kier alpha value is -9.61. The van der Waals surface area contributed by atoms with E-state index in [0.29, 0.717) is 17.5 Å². The number of nitrogens with zero attached hydrogens (tertiary/aromatic N) is 3. The molecule has 1 fully saturated rings. The van der Waals surface area contributed by atoms with Gasteiger partial charge in [0.2, 0.25) is 0 Å². The van der Waals surface area contributed by atoms with Crippen molar-refractivity contribution in [2.45, 2.75) is 38.9 Å². The van der Waals surface area contributed by atoms with Gasteiger partial charge in [-0.1, -0.05) is 152 Å². The third-order valence-electron chi connectivity index (χ3n) is 15.8. The Balaban J connectivity index is 0.000000158. The quantitative estimate of drug-likeness (QED) is 0.150. The number of hydrogen-bond donors (Lipinski definition) is 0. The molecule has 9 nitrogen and oxygen atoms in total. The molecule has 0 amide bonds. The molecule has 10 aromatic carbocycles. The van der Waals surface area contributed by atoms with Gasteiger partial charge >= 0.3 is 7.12 Å². The van der Waals surface area contributed by atoms with Crippen LogP contribution >= 0.6 is 0 Å². The van der Waals surface area contributed by atoms with E-state index >= 15 is 0 Å². The molecule has 79 heavy (non-hydrogen) atoms. The normalized spacial score (nSPS) is 14.2. The van der Waals surface area contributed by atoms with E-state index in [1.807, 2.05) is 121 Å². The number of furan rings is 4. The number of rotatable bonds is 6. The summed E-state index contributed by atoms with van der Waals surface area (Å²) in [5.74, 6) is 1.92. The number of hydrogen-bond acceptors (Lipinski definition) is 9. The number of benzene rings is 10. The minimum Gasteiger partial charge on any atom is -0.456 e. The molecule has 1 aliphatic heterocycles. The van der Waals surface area contributed by atoms with Gasteiger partial charge in [0.05, 0.1) is 11.2 Å². The minimum absolute atomic E-state index is 0.368. The van der Waals surface area contributed by atoms with E-state index in [-0.39, 0.29) is 11.2 Å². The number of para-hydroxylation sites is 2. The molecule has 1 saturated heterocycles. The van der Waals surface area contributed by atoms with Gasteiger partial charge in [-0.25, -0.2) is 15.0 Å². The second-order valence-electron chi connectivity index (χ2n) is 21.3. The summed E-state index contributed by atoms with van der Waals surface area (Å²) in [6, 6.07) is 74.3. The largest absolute Gasteiger partial charge is 0.494 e. The summed E-state index contributed by atoms with van der Waals surface area (Å²) in [5, 5.41) is 8.68. The molecule has 378 valence electrons. The van der Waals surface area contributed by atoms with Crippen LogP contribution < -0.4 is 5.46 Å². The van der Waals surface area contributed by atoms with E-state index in [1.165, 1.54) is 0 Å². The Kier molecular flexibility index (Phi) is 10.6. The third-order valence-corrected chi connectivity index (χ3v) is 15.8. The fraction of sp³-hybridized carbons (Fsp3) is 0.0870. The molecule has 0 spiro atoms. The second-order valence-corrected chi connectivity index (χ2v) is 21.3. The van der Waals surface area contributed by atoms with Crippen molar-refractivity contribution in [2.24, 2.45) is 0 Å². The maximum atomic E-state index is 6.29. The van der Waals surface area contributed by atoms with Gasteiger partial charge in [-0.15, -0.1) is 0 Å². The first kappa shape index (κ1) is 46.7. The lowest BCUT2D eigenvalue weighted by atomic mass is 9.78. The summed E-state index contributed by atoms with van der Waals surface area (Å²) < 4.78 is 37.0. The van der Waals surface area contributed by atoms with Gasteiger partial charge in [0.25, 0.3) is 0 Å². The first-order chi connectivity index (χ1) is 38.6. The zero-order chi connectivity index (χ0) is 53.0. The van der Waals surface area contributed by atoms with Gasteiger partial charge in [-0.05, 0) is 110 Å². The first-order valence-electron chi connectivity index (χ1n) is 26.5. The van der Waals surface area contributed by atoms with Crippen molar-refractivity contribution >= 4 is 100 Å². The number of aromatic nitrogens is 3. The molecular formula is C69H48BN3O6. The van der Waals surface area contributed by atoms with E-state index in [4.69, 9.17) is 41.9 Å². The van der Waals surface area contributed by atoms with Crippen molar-refractivity contribution in [1.29, 1.82) is 0 Å². The highest BCUT2D eigenvalue weighted by atomic mass is 16.7. The molecule has 0 saturated carbocycles. The lowest BCUT2D eigenvalue weighted by Gasteiger charge is -2.32. The fourth-order valence-corrected chi connectivity index (χ4v) is 11.0. The van der Waals surface area contributed by atoms with Crippen LogP contribution in [-0.2, 0) is 9.31 Å². The smallest absolute Gasteiger partial charge is 0.456 e. The van der Waals surface area contributed by atoms with Crippen molar-refractivity contribution in [3.8, 4) is 56.4 Å². The topological polar surface area (TPSA) is 110 Å². The standard InChI is InChI=1S/C45H27N3O2.C24H21BO4/c1-3-11-28(12-4-1)43-46-44(29-13-5-2-6-14-29)48-45(47-43)34-18-10-17-32(24-34)30-15-9-16-31(23-30)33-21-22-40-36(25-33)38-26-37-35-19-7-8-20-39(35)49-41(37)27-42(38)50-40;1-23(2)24(3,4)29-25(28-23)14-9-10-20-16(11-14)18-12-17-15-7-5-6-8-19(15)26-21(17)13-22(18)27-20/h1-27H;5-13H,1-4H3. The molecular weight excluding hydrogens is 978 g/mol. The Morgan fingerprint density at radius 1 is 0.266 bits per heavy atom. The van der Waals surface area contributed by atoms with Crippen molar-refractivity contribution in [1.82, 2.24) is 15.0 Å². The van der Waals surface area contributed by atoms with Crippen LogP contribution in [0.25, 0.3) is 144 Å². The molecule has 0 aliphatic carbocycles. The highest BCUT2D eigenvalue weighted by Crippen LogP contribution is 2.41. The second kappa shape index (κ2) is 18.0. The zero-order valence-electron chi connectivity index (χ0n) is 43.7. The average molecular weight is 1030 g/mol. The van der Waals surface area contributed by atoms with Crippen LogP contribution in [0.5, 0.6) is 0 Å². The van der Waals surface area contributed by atoms with Crippen LogP contribution in [0.2, 0.25) is 0 Å². The minimum atomic E-state index is -0.396. The van der Waals surface area contributed by atoms with Gasteiger partial charge in [-0.3, -0.25) is 0 Å². The van der Waals surface area contributed by atoms with Crippen molar-refractivity contribution in [3.63, 3.8) is 0 Å². The summed E-state index contributed by atoms with van der Waals surface area (Å²) in [7, 11) is -0.396. The summed E-state index contributed by atoms with van der Waals surface area (Å²) >= 11 is 0. The van der Waals surface area contributed by atoms with Crippen LogP contribution in [-0.4, -0.2) is 33.3 Å². The third kappa shape index (κ3) is 8.06. The van der Waals surface area contributed by atoms with Crippen LogP contribution in [0.1, 0.15) is 27.7 Å². The Morgan fingerprint density at radius 2 is 0.620 bits per heavy atom. The van der Waals surface area contributed by atoms with E-state index in [9.17, 15) is 0 Å². The molecule has 0 N–H and O–H groups in total. The molecule has 0 bridgehead atoms. The van der Waals surface area contributed by atoms with Crippen molar-refractivity contribution in [3.05, 3.63) is 218 Å². The first-order valence-corrected chi connectivity index (χ1v) is 26.5. The maximum Gasteiger partial charge on any atom is 0.494 e. The molecule has 0 atom stereocenters. The highest BCUT2D eigenvalue weighted by Gasteiger charge is 2.51. The van der Waals surface area contributed by atoms with Crippen molar-refractivity contribution < 1.29 is 27.0 Å². The van der Waals surface area contributed by atoms with E-state index in [0.717, 1.165) is 132 Å². The lowest BCUT2D eigenvalue weighted by molar-refractivity contribution is 0.00578. The molecule has 16 rings (SSSR count). The summed E-state index contributed by atoms with van der Waals surface area (Å²) in [6.45, 7) is 8.28.